The Hall–Kier alpha value is -2.11. The third-order valence-corrected chi connectivity index (χ3v) is 6.45. The fraction of sp³-hybridized carbons (Fsp3) is 0.474. The number of aromatic nitrogens is 2. The molecular weight excluding hydrogens is 378 g/mol. The molecule has 1 heterocycles. The lowest BCUT2D eigenvalue weighted by molar-refractivity contribution is -0.116. The van der Waals surface area contributed by atoms with E-state index in [1.807, 2.05) is 30.3 Å². The minimum atomic E-state index is -0.0292. The number of hydrogen-bond acceptors (Lipinski definition) is 7. The van der Waals surface area contributed by atoms with Gasteiger partial charge in [-0.25, -0.2) is 0 Å². The van der Waals surface area contributed by atoms with E-state index in [1.54, 1.807) is 4.90 Å². The van der Waals surface area contributed by atoms with Crippen molar-refractivity contribution in [2.75, 3.05) is 22.5 Å². The summed E-state index contributed by atoms with van der Waals surface area (Å²) < 4.78 is 0.787. The van der Waals surface area contributed by atoms with Crippen molar-refractivity contribution >= 4 is 39.8 Å². The highest BCUT2D eigenvalue weighted by Gasteiger charge is 2.18. The van der Waals surface area contributed by atoms with Crippen LogP contribution in [-0.2, 0) is 4.79 Å². The van der Waals surface area contributed by atoms with Crippen molar-refractivity contribution in [1.82, 2.24) is 10.2 Å². The Morgan fingerprint density at radius 1 is 1.26 bits per heavy atom. The Kier molecular flexibility index (Phi) is 7.48. The fourth-order valence-electron chi connectivity index (χ4n) is 3.12. The molecule has 0 spiro atoms. The second-order valence-corrected chi connectivity index (χ2v) is 8.63. The van der Waals surface area contributed by atoms with Crippen molar-refractivity contribution in [2.24, 2.45) is 0 Å². The van der Waals surface area contributed by atoms with Crippen LogP contribution in [0.2, 0.25) is 0 Å². The van der Waals surface area contributed by atoms with E-state index >= 15 is 0 Å². The summed E-state index contributed by atoms with van der Waals surface area (Å²) >= 11 is 2.90. The molecule has 8 heteroatoms. The van der Waals surface area contributed by atoms with Crippen molar-refractivity contribution in [3.63, 3.8) is 0 Å². The van der Waals surface area contributed by atoms with Crippen molar-refractivity contribution in [3.05, 3.63) is 30.3 Å². The molecule has 0 saturated heterocycles. The van der Waals surface area contributed by atoms with E-state index in [1.165, 1.54) is 55.2 Å². The average molecular weight is 402 g/mol. The zero-order valence-electron chi connectivity index (χ0n) is 15.1. The van der Waals surface area contributed by atoms with Gasteiger partial charge in [0, 0.05) is 18.3 Å². The van der Waals surface area contributed by atoms with Crippen LogP contribution >= 0.6 is 23.1 Å². The molecule has 1 N–H and O–H groups in total. The maximum atomic E-state index is 12.7. The molecule has 0 unspecified atom stereocenters. The molecule has 3 rings (SSSR count). The number of nitriles is 1. The average Bonchev–Trinajstić information content (AvgIpc) is 3.15. The lowest BCUT2D eigenvalue weighted by Gasteiger charge is -2.21. The van der Waals surface area contributed by atoms with Gasteiger partial charge in [-0.3, -0.25) is 4.79 Å². The lowest BCUT2D eigenvalue weighted by atomic mass is 9.96. The number of thioether (sulfide) groups is 1. The zero-order valence-corrected chi connectivity index (χ0v) is 16.8. The molecule has 2 aromatic rings. The quantitative estimate of drug-likeness (QED) is 0.663. The van der Waals surface area contributed by atoms with E-state index in [0.717, 1.165) is 15.2 Å². The number of nitrogens with zero attached hydrogens (tertiary/aromatic N) is 4. The van der Waals surface area contributed by atoms with Gasteiger partial charge in [0.05, 0.1) is 18.2 Å². The summed E-state index contributed by atoms with van der Waals surface area (Å²) in [7, 11) is 0. The minimum Gasteiger partial charge on any atom is -0.357 e. The SMILES string of the molecule is N#CCCN(C(=O)CSc1nnc(NC2CCCCC2)s1)c1ccccc1. The van der Waals surface area contributed by atoms with Crippen LogP contribution in [0, 0.1) is 11.3 Å². The third-order valence-electron chi connectivity index (χ3n) is 4.47. The molecule has 1 saturated carbocycles. The molecule has 1 amide bonds. The summed E-state index contributed by atoms with van der Waals surface area (Å²) in [4.78, 5) is 14.3. The van der Waals surface area contributed by atoms with Gasteiger partial charge in [-0.15, -0.1) is 10.2 Å². The maximum absolute atomic E-state index is 12.7. The van der Waals surface area contributed by atoms with E-state index in [2.05, 4.69) is 21.6 Å². The Bertz CT molecular complexity index is 768. The van der Waals surface area contributed by atoms with Gasteiger partial charge in [0.2, 0.25) is 11.0 Å². The Morgan fingerprint density at radius 2 is 2.04 bits per heavy atom. The molecule has 1 aromatic heterocycles. The summed E-state index contributed by atoms with van der Waals surface area (Å²) in [6.07, 6.45) is 6.53. The highest BCUT2D eigenvalue weighted by molar-refractivity contribution is 8.01. The number of amides is 1. The van der Waals surface area contributed by atoms with Crippen LogP contribution < -0.4 is 10.2 Å². The van der Waals surface area contributed by atoms with Crippen molar-refractivity contribution < 1.29 is 4.79 Å². The van der Waals surface area contributed by atoms with Crippen LogP contribution in [0.4, 0.5) is 10.8 Å². The molecule has 0 bridgehead atoms. The first-order valence-electron chi connectivity index (χ1n) is 9.21. The van der Waals surface area contributed by atoms with Crippen molar-refractivity contribution in [1.29, 1.82) is 5.26 Å². The molecule has 1 aliphatic rings. The number of rotatable bonds is 8. The van der Waals surface area contributed by atoms with Gasteiger partial charge in [-0.2, -0.15) is 5.26 Å². The summed E-state index contributed by atoms with van der Waals surface area (Å²) in [5.41, 5.74) is 0.815. The summed E-state index contributed by atoms with van der Waals surface area (Å²) in [5.74, 6) is 0.247. The number of hydrogen-bond donors (Lipinski definition) is 1. The molecule has 1 aliphatic carbocycles. The van der Waals surface area contributed by atoms with E-state index in [9.17, 15) is 4.79 Å². The highest BCUT2D eigenvalue weighted by Crippen LogP contribution is 2.29. The number of nitrogens with one attached hydrogen (secondary N) is 1. The fourth-order valence-corrected chi connectivity index (χ4v) is 4.82. The van der Waals surface area contributed by atoms with Gasteiger partial charge in [0.15, 0.2) is 4.34 Å². The second-order valence-electron chi connectivity index (χ2n) is 6.43. The molecule has 1 fully saturated rings. The largest absolute Gasteiger partial charge is 0.357 e. The maximum Gasteiger partial charge on any atom is 0.237 e. The molecule has 6 nitrogen and oxygen atoms in total. The minimum absolute atomic E-state index is 0.0292. The Morgan fingerprint density at radius 3 is 2.78 bits per heavy atom. The van der Waals surface area contributed by atoms with Crippen LogP contribution in [0.3, 0.4) is 0 Å². The van der Waals surface area contributed by atoms with Gasteiger partial charge < -0.3 is 10.2 Å². The van der Waals surface area contributed by atoms with E-state index in [0.29, 0.717) is 19.0 Å². The normalized spacial score (nSPS) is 14.5. The Labute approximate surface area is 168 Å². The third kappa shape index (κ3) is 5.94. The first-order chi connectivity index (χ1) is 13.3. The van der Waals surface area contributed by atoms with Crippen LogP contribution in [0.5, 0.6) is 0 Å². The van der Waals surface area contributed by atoms with E-state index in [4.69, 9.17) is 5.26 Å². The molecule has 0 aliphatic heterocycles. The monoisotopic (exact) mass is 401 g/mol. The second kappa shape index (κ2) is 10.3. The highest BCUT2D eigenvalue weighted by atomic mass is 32.2. The molecule has 142 valence electrons. The first kappa shape index (κ1) is 19.6. The number of para-hydroxylation sites is 1. The van der Waals surface area contributed by atoms with Gasteiger partial charge in [-0.05, 0) is 25.0 Å². The molecule has 1 aromatic carbocycles. The van der Waals surface area contributed by atoms with Crippen LogP contribution in [0.1, 0.15) is 38.5 Å². The zero-order chi connectivity index (χ0) is 18.9. The standard InChI is InChI=1S/C19H23N5OS2/c20-12-7-13-24(16-10-5-2-6-11-16)17(25)14-26-19-23-22-18(27-19)21-15-8-3-1-4-9-15/h2,5-6,10-11,15H,1,3-4,7-9,13-14H2,(H,21,22). The summed E-state index contributed by atoms with van der Waals surface area (Å²) in [6, 6.07) is 12.1. The molecule has 27 heavy (non-hydrogen) atoms. The number of anilines is 2. The molecule has 0 atom stereocenters. The predicted octanol–water partition coefficient (Wildman–Crippen LogP) is 4.32. The summed E-state index contributed by atoms with van der Waals surface area (Å²) in [5, 5.41) is 21.6. The number of benzene rings is 1. The summed E-state index contributed by atoms with van der Waals surface area (Å²) in [6.45, 7) is 0.393. The number of carbonyl (C=O) groups is 1. The van der Waals surface area contributed by atoms with Crippen molar-refractivity contribution in [3.8, 4) is 6.07 Å². The van der Waals surface area contributed by atoms with Crippen LogP contribution in [0.25, 0.3) is 0 Å². The van der Waals surface area contributed by atoms with E-state index in [-0.39, 0.29) is 11.7 Å². The number of carbonyl (C=O) groups excluding carboxylic acids is 1. The first-order valence-corrected chi connectivity index (χ1v) is 11.0. The van der Waals surface area contributed by atoms with Gasteiger partial charge in [0.25, 0.3) is 0 Å². The lowest BCUT2D eigenvalue weighted by Crippen LogP contribution is -2.33. The Balaban J connectivity index is 1.54. The topological polar surface area (TPSA) is 81.9 Å². The smallest absolute Gasteiger partial charge is 0.237 e. The van der Waals surface area contributed by atoms with Gasteiger partial charge in [0.1, 0.15) is 0 Å². The van der Waals surface area contributed by atoms with Crippen LogP contribution in [-0.4, -0.2) is 34.4 Å². The van der Waals surface area contributed by atoms with E-state index < -0.39 is 0 Å². The van der Waals surface area contributed by atoms with Gasteiger partial charge in [-0.1, -0.05) is 60.6 Å². The van der Waals surface area contributed by atoms with Crippen molar-refractivity contribution in [2.45, 2.75) is 48.9 Å². The van der Waals surface area contributed by atoms with Gasteiger partial charge >= 0.3 is 0 Å². The molecule has 0 radical (unpaired) electrons. The molecular formula is C19H23N5OS2. The predicted molar refractivity (Wildman–Crippen MR) is 110 cm³/mol. The van der Waals surface area contributed by atoms with Crippen LogP contribution in [0.15, 0.2) is 34.7 Å².